The van der Waals surface area contributed by atoms with Crippen LogP contribution >= 0.6 is 0 Å². The van der Waals surface area contributed by atoms with Crippen molar-refractivity contribution in [1.82, 2.24) is 4.90 Å². The Hall–Kier alpha value is -1.15. The SMILES string of the molecule is CC[C@@H]1CN2CCC34C(=Nc5ccccc53)C[C@H]1C[C@H]24. The number of nitrogens with zero attached hydrogens (tertiary/aromatic N) is 2. The number of piperidine rings is 1. The molecular formula is C18H22N2. The third-order valence-electron chi connectivity index (χ3n) is 6.60. The molecule has 0 radical (unpaired) electrons. The summed E-state index contributed by atoms with van der Waals surface area (Å²) < 4.78 is 0. The van der Waals surface area contributed by atoms with Crippen molar-refractivity contribution in [3.8, 4) is 0 Å². The summed E-state index contributed by atoms with van der Waals surface area (Å²) in [5.41, 5.74) is 4.63. The zero-order valence-electron chi connectivity index (χ0n) is 12.2. The summed E-state index contributed by atoms with van der Waals surface area (Å²) in [7, 11) is 0. The van der Waals surface area contributed by atoms with Gasteiger partial charge < -0.3 is 0 Å². The van der Waals surface area contributed by atoms with Gasteiger partial charge in [-0.05, 0) is 49.3 Å². The fourth-order valence-electron chi connectivity index (χ4n) is 5.64. The lowest BCUT2D eigenvalue weighted by Crippen LogP contribution is -2.57. The molecule has 0 N–H and O–H groups in total. The Kier molecular flexibility index (Phi) is 2.15. The van der Waals surface area contributed by atoms with Crippen LogP contribution in [0.2, 0.25) is 0 Å². The smallest absolute Gasteiger partial charge is 0.0671 e. The number of benzene rings is 1. The van der Waals surface area contributed by atoms with Crippen LogP contribution in [0.5, 0.6) is 0 Å². The van der Waals surface area contributed by atoms with E-state index in [9.17, 15) is 0 Å². The number of aliphatic imine (C=N–C) groups is 1. The highest BCUT2D eigenvalue weighted by Gasteiger charge is 2.60. The molecule has 20 heavy (non-hydrogen) atoms. The van der Waals surface area contributed by atoms with Crippen molar-refractivity contribution in [2.45, 2.75) is 44.1 Å². The summed E-state index contributed by atoms with van der Waals surface area (Å²) in [4.78, 5) is 7.88. The topological polar surface area (TPSA) is 15.6 Å². The number of rotatable bonds is 1. The van der Waals surface area contributed by atoms with Crippen molar-refractivity contribution in [2.75, 3.05) is 13.1 Å². The van der Waals surface area contributed by atoms with Gasteiger partial charge in [0.15, 0.2) is 0 Å². The molecule has 0 aromatic heterocycles. The highest BCUT2D eigenvalue weighted by atomic mass is 15.2. The minimum atomic E-state index is 0.297. The fourth-order valence-corrected chi connectivity index (χ4v) is 5.64. The molecule has 1 saturated carbocycles. The van der Waals surface area contributed by atoms with Gasteiger partial charge in [-0.3, -0.25) is 9.89 Å². The summed E-state index contributed by atoms with van der Waals surface area (Å²) in [6.07, 6.45) is 5.31. The van der Waals surface area contributed by atoms with Crippen LogP contribution < -0.4 is 0 Å². The molecule has 5 rings (SSSR count). The summed E-state index contributed by atoms with van der Waals surface area (Å²) in [5.74, 6) is 1.79. The van der Waals surface area contributed by atoms with Crippen molar-refractivity contribution in [3.05, 3.63) is 29.8 Å². The van der Waals surface area contributed by atoms with Crippen molar-refractivity contribution in [3.63, 3.8) is 0 Å². The second-order valence-electron chi connectivity index (χ2n) is 7.18. The third kappa shape index (κ3) is 1.18. The van der Waals surface area contributed by atoms with E-state index in [0.717, 1.165) is 17.9 Å². The molecule has 2 nitrogen and oxygen atoms in total. The van der Waals surface area contributed by atoms with E-state index in [1.54, 1.807) is 0 Å². The summed E-state index contributed by atoms with van der Waals surface area (Å²) in [6.45, 7) is 4.98. The van der Waals surface area contributed by atoms with Gasteiger partial charge in [-0.15, -0.1) is 0 Å². The minimum Gasteiger partial charge on any atom is -0.299 e. The van der Waals surface area contributed by atoms with Crippen LogP contribution in [0.15, 0.2) is 29.3 Å². The maximum Gasteiger partial charge on any atom is 0.0671 e. The monoisotopic (exact) mass is 266 g/mol. The molecule has 1 spiro atoms. The third-order valence-corrected chi connectivity index (χ3v) is 6.60. The molecule has 3 heterocycles. The number of hydrogen-bond acceptors (Lipinski definition) is 2. The fraction of sp³-hybridized carbons (Fsp3) is 0.611. The first-order valence-electron chi connectivity index (χ1n) is 8.24. The van der Waals surface area contributed by atoms with Gasteiger partial charge in [0.25, 0.3) is 0 Å². The van der Waals surface area contributed by atoms with Gasteiger partial charge >= 0.3 is 0 Å². The highest BCUT2D eigenvalue weighted by molar-refractivity contribution is 6.03. The average Bonchev–Trinajstić information content (AvgIpc) is 3.02. The largest absolute Gasteiger partial charge is 0.299 e. The molecule has 2 saturated heterocycles. The van der Waals surface area contributed by atoms with Gasteiger partial charge in [0, 0.05) is 18.3 Å². The van der Waals surface area contributed by atoms with E-state index in [1.807, 2.05) is 0 Å². The van der Waals surface area contributed by atoms with Crippen molar-refractivity contribution in [1.29, 1.82) is 0 Å². The van der Waals surface area contributed by atoms with Gasteiger partial charge in [-0.25, -0.2) is 0 Å². The Labute approximate surface area is 120 Å². The Balaban J connectivity index is 1.69. The summed E-state index contributed by atoms with van der Waals surface area (Å²) in [5, 5.41) is 0. The number of para-hydroxylation sites is 1. The molecule has 1 aromatic carbocycles. The van der Waals surface area contributed by atoms with Gasteiger partial charge in [0.1, 0.15) is 0 Å². The van der Waals surface area contributed by atoms with Crippen LogP contribution in [-0.4, -0.2) is 29.7 Å². The first-order valence-corrected chi connectivity index (χ1v) is 8.24. The first-order chi connectivity index (χ1) is 9.83. The maximum absolute atomic E-state index is 5.08. The van der Waals surface area contributed by atoms with Gasteiger partial charge in [0.2, 0.25) is 0 Å². The molecule has 4 aliphatic rings. The molecule has 3 fully saturated rings. The van der Waals surface area contributed by atoms with Crippen LogP contribution in [0.25, 0.3) is 0 Å². The van der Waals surface area contributed by atoms with Crippen molar-refractivity contribution < 1.29 is 0 Å². The molecule has 1 aromatic rings. The summed E-state index contributed by atoms with van der Waals surface area (Å²) in [6, 6.07) is 9.66. The number of hydrogen-bond donors (Lipinski definition) is 0. The molecular weight excluding hydrogens is 244 g/mol. The van der Waals surface area contributed by atoms with Crippen LogP contribution in [0, 0.1) is 11.8 Å². The lowest BCUT2D eigenvalue weighted by atomic mass is 9.59. The Morgan fingerprint density at radius 1 is 1.35 bits per heavy atom. The van der Waals surface area contributed by atoms with Crippen molar-refractivity contribution >= 4 is 11.4 Å². The predicted octanol–water partition coefficient (Wildman–Crippen LogP) is 3.53. The second-order valence-corrected chi connectivity index (χ2v) is 7.18. The molecule has 1 unspecified atom stereocenters. The van der Waals surface area contributed by atoms with E-state index in [1.165, 1.54) is 55.7 Å². The van der Waals surface area contributed by atoms with E-state index in [-0.39, 0.29) is 0 Å². The molecule has 104 valence electrons. The molecule has 4 atom stereocenters. The van der Waals surface area contributed by atoms with E-state index in [4.69, 9.17) is 4.99 Å². The van der Waals surface area contributed by atoms with E-state index >= 15 is 0 Å². The molecule has 3 aliphatic heterocycles. The standard InChI is InChI=1S/C18H22N2/c1-2-12-11-20-8-7-18-14-5-3-4-6-15(14)19-16(18)9-13(12)10-17(18)20/h3-6,12-13,17H,2,7-11H2,1H3/t12-,13+,17+,18?/m1/s1. The molecule has 2 heteroatoms. The van der Waals surface area contributed by atoms with Crippen LogP contribution in [-0.2, 0) is 5.41 Å². The normalized spacial score (nSPS) is 41.2. The quantitative estimate of drug-likeness (QED) is 0.759. The minimum absolute atomic E-state index is 0.297. The predicted molar refractivity (Wildman–Crippen MR) is 81.7 cm³/mol. The Morgan fingerprint density at radius 3 is 3.15 bits per heavy atom. The molecule has 0 amide bonds. The van der Waals surface area contributed by atoms with Crippen LogP contribution in [0.3, 0.4) is 0 Å². The number of fused-ring (bicyclic) bond motifs is 2. The first kappa shape index (κ1) is 11.5. The highest BCUT2D eigenvalue weighted by Crippen LogP contribution is 2.58. The van der Waals surface area contributed by atoms with Crippen LogP contribution in [0.4, 0.5) is 5.69 Å². The van der Waals surface area contributed by atoms with Crippen LogP contribution in [0.1, 0.15) is 38.2 Å². The van der Waals surface area contributed by atoms with E-state index in [0.29, 0.717) is 5.41 Å². The Morgan fingerprint density at radius 2 is 2.25 bits per heavy atom. The van der Waals surface area contributed by atoms with E-state index in [2.05, 4.69) is 36.1 Å². The molecule has 2 bridgehead atoms. The second kappa shape index (κ2) is 3.73. The zero-order valence-corrected chi connectivity index (χ0v) is 12.2. The van der Waals surface area contributed by atoms with Gasteiger partial charge in [-0.2, -0.15) is 0 Å². The summed E-state index contributed by atoms with van der Waals surface area (Å²) >= 11 is 0. The van der Waals surface area contributed by atoms with E-state index < -0.39 is 0 Å². The lowest BCUT2D eigenvalue weighted by Gasteiger charge is -2.50. The molecule has 1 aliphatic carbocycles. The van der Waals surface area contributed by atoms with Crippen molar-refractivity contribution in [2.24, 2.45) is 16.8 Å². The van der Waals surface area contributed by atoms with Gasteiger partial charge in [0.05, 0.1) is 11.1 Å². The Bertz CT molecular complexity index is 605. The maximum atomic E-state index is 5.08. The average molecular weight is 266 g/mol. The zero-order chi connectivity index (χ0) is 13.3. The lowest BCUT2D eigenvalue weighted by molar-refractivity contribution is 0.0667. The van der Waals surface area contributed by atoms with Gasteiger partial charge in [-0.1, -0.05) is 31.5 Å².